The van der Waals surface area contributed by atoms with Crippen molar-refractivity contribution in [2.45, 2.75) is 70.3 Å². The Hall–Kier alpha value is -1.61. The maximum Gasteiger partial charge on any atom is 0.303 e. The first kappa shape index (κ1) is 22.4. The van der Waals surface area contributed by atoms with Crippen LogP contribution in [0.15, 0.2) is 4.99 Å². The summed E-state index contributed by atoms with van der Waals surface area (Å²) in [6.07, 6.45) is -0.398. The van der Waals surface area contributed by atoms with Gasteiger partial charge in [-0.05, 0) is 18.9 Å². The highest BCUT2D eigenvalue weighted by Gasteiger charge is 2.49. The zero-order valence-corrected chi connectivity index (χ0v) is 16.5. The van der Waals surface area contributed by atoms with Crippen molar-refractivity contribution in [3.05, 3.63) is 0 Å². The molecule has 8 nitrogen and oxygen atoms in total. The molecule has 0 amide bonds. The van der Waals surface area contributed by atoms with Crippen molar-refractivity contribution in [2.75, 3.05) is 12.4 Å². The van der Waals surface area contributed by atoms with Crippen LogP contribution in [-0.4, -0.2) is 66.8 Å². The SMILES string of the molecule is C=NC1C(OC(C)=O)[C@@H](SCCCC)OC(COC(C)=O)[C@@H]1OC(C)=O. The lowest BCUT2D eigenvalue weighted by Crippen LogP contribution is -2.59. The second-order valence-electron chi connectivity index (χ2n) is 5.89. The molecule has 0 aromatic rings. The maximum atomic E-state index is 11.5. The van der Waals surface area contributed by atoms with E-state index in [4.69, 9.17) is 18.9 Å². The minimum Gasteiger partial charge on any atom is -0.463 e. The third-order valence-electron chi connectivity index (χ3n) is 3.66. The lowest BCUT2D eigenvalue weighted by molar-refractivity contribution is -0.200. The molecular weight excluding hydrogens is 362 g/mol. The van der Waals surface area contributed by atoms with E-state index in [1.165, 1.54) is 32.5 Å². The van der Waals surface area contributed by atoms with Gasteiger partial charge in [0.1, 0.15) is 24.2 Å². The van der Waals surface area contributed by atoms with Crippen LogP contribution in [0.25, 0.3) is 0 Å². The second-order valence-corrected chi connectivity index (χ2v) is 7.10. The monoisotopic (exact) mass is 389 g/mol. The smallest absolute Gasteiger partial charge is 0.303 e. The number of aliphatic imine (C=N–C) groups is 1. The summed E-state index contributed by atoms with van der Waals surface area (Å²) < 4.78 is 21.8. The van der Waals surface area contributed by atoms with E-state index in [2.05, 4.69) is 18.6 Å². The van der Waals surface area contributed by atoms with Gasteiger partial charge in [-0.3, -0.25) is 19.4 Å². The van der Waals surface area contributed by atoms with Crippen molar-refractivity contribution in [2.24, 2.45) is 4.99 Å². The average Bonchev–Trinajstić information content (AvgIpc) is 2.54. The Balaban J connectivity index is 3.08. The van der Waals surface area contributed by atoms with Crippen LogP contribution in [0.3, 0.4) is 0 Å². The summed E-state index contributed by atoms with van der Waals surface area (Å²) >= 11 is 1.48. The summed E-state index contributed by atoms with van der Waals surface area (Å²) in [5.41, 5.74) is -0.534. The topological polar surface area (TPSA) is 100 Å². The molecule has 148 valence electrons. The first-order valence-corrected chi connectivity index (χ1v) is 9.55. The fraction of sp³-hybridized carbons (Fsp3) is 0.765. The average molecular weight is 389 g/mol. The predicted molar refractivity (Wildman–Crippen MR) is 97.1 cm³/mol. The van der Waals surface area contributed by atoms with E-state index in [1.807, 2.05) is 0 Å². The maximum absolute atomic E-state index is 11.5. The van der Waals surface area contributed by atoms with E-state index in [0.29, 0.717) is 0 Å². The highest BCUT2D eigenvalue weighted by Crippen LogP contribution is 2.34. The zero-order valence-electron chi connectivity index (χ0n) is 15.6. The number of esters is 3. The van der Waals surface area contributed by atoms with E-state index < -0.39 is 47.7 Å². The third-order valence-corrected chi connectivity index (χ3v) is 4.89. The molecule has 0 N–H and O–H groups in total. The molecule has 0 aromatic carbocycles. The lowest BCUT2D eigenvalue weighted by Gasteiger charge is -2.43. The molecule has 1 heterocycles. The number of unbranched alkanes of at least 4 members (excludes halogenated alkanes) is 1. The molecule has 0 aliphatic carbocycles. The lowest BCUT2D eigenvalue weighted by atomic mass is 9.97. The zero-order chi connectivity index (χ0) is 19.7. The Morgan fingerprint density at radius 3 is 2.19 bits per heavy atom. The summed E-state index contributed by atoms with van der Waals surface area (Å²) in [6.45, 7) is 9.35. The third kappa shape index (κ3) is 6.95. The van der Waals surface area contributed by atoms with Crippen LogP contribution in [0.2, 0.25) is 0 Å². The minimum absolute atomic E-state index is 0.100. The summed E-state index contributed by atoms with van der Waals surface area (Å²) in [4.78, 5) is 38.3. The van der Waals surface area contributed by atoms with Gasteiger partial charge in [0.05, 0.1) is 0 Å². The molecule has 1 aliphatic heterocycles. The molecule has 0 saturated carbocycles. The molecule has 1 aliphatic rings. The van der Waals surface area contributed by atoms with Crippen LogP contribution in [-0.2, 0) is 33.3 Å². The van der Waals surface area contributed by atoms with Crippen LogP contribution in [0.1, 0.15) is 40.5 Å². The Morgan fingerprint density at radius 1 is 1.08 bits per heavy atom. The molecule has 26 heavy (non-hydrogen) atoms. The molecule has 0 aromatic heterocycles. The van der Waals surface area contributed by atoms with Gasteiger partial charge in [0.15, 0.2) is 12.2 Å². The number of carbonyl (C=O) groups is 3. The van der Waals surface area contributed by atoms with E-state index in [0.717, 1.165) is 18.6 Å². The van der Waals surface area contributed by atoms with E-state index in [9.17, 15) is 14.4 Å². The van der Waals surface area contributed by atoms with Gasteiger partial charge in [-0.2, -0.15) is 0 Å². The van der Waals surface area contributed by atoms with Gasteiger partial charge in [0.25, 0.3) is 0 Å². The summed E-state index contributed by atoms with van der Waals surface area (Å²) in [5.74, 6) is -0.718. The van der Waals surface area contributed by atoms with Gasteiger partial charge < -0.3 is 18.9 Å². The second kappa shape index (κ2) is 11.2. The molecule has 0 spiro atoms. The van der Waals surface area contributed by atoms with E-state index in [1.54, 1.807) is 0 Å². The van der Waals surface area contributed by atoms with Crippen LogP contribution >= 0.6 is 11.8 Å². The number of thioether (sulfide) groups is 1. The Labute approximate surface area is 158 Å². The number of ether oxygens (including phenoxy) is 4. The highest BCUT2D eigenvalue weighted by molar-refractivity contribution is 7.99. The van der Waals surface area contributed by atoms with Crippen molar-refractivity contribution >= 4 is 36.4 Å². The molecule has 9 heteroatoms. The molecule has 3 unspecified atom stereocenters. The van der Waals surface area contributed by atoms with Gasteiger partial charge in [0, 0.05) is 20.8 Å². The minimum atomic E-state index is -0.878. The van der Waals surface area contributed by atoms with Crippen molar-refractivity contribution in [1.82, 2.24) is 0 Å². The predicted octanol–water partition coefficient (Wildman–Crippen LogP) is 1.74. The fourth-order valence-corrected chi connectivity index (χ4v) is 3.88. The van der Waals surface area contributed by atoms with E-state index >= 15 is 0 Å². The van der Waals surface area contributed by atoms with Crippen molar-refractivity contribution < 1.29 is 33.3 Å². The first-order valence-electron chi connectivity index (χ1n) is 8.50. The highest BCUT2D eigenvalue weighted by atomic mass is 32.2. The van der Waals surface area contributed by atoms with E-state index in [-0.39, 0.29) is 6.61 Å². The number of hydrogen-bond acceptors (Lipinski definition) is 9. The van der Waals surface area contributed by atoms with Gasteiger partial charge >= 0.3 is 17.9 Å². The Kier molecular flexibility index (Phi) is 9.64. The molecule has 1 fully saturated rings. The number of rotatable bonds is 9. The van der Waals surface area contributed by atoms with Crippen molar-refractivity contribution in [3.63, 3.8) is 0 Å². The molecule has 1 rings (SSSR count). The molecule has 0 radical (unpaired) electrons. The molecular formula is C17H27NO7S. The van der Waals surface area contributed by atoms with Crippen LogP contribution < -0.4 is 0 Å². The number of hydrogen-bond donors (Lipinski definition) is 0. The summed E-state index contributed by atoms with van der Waals surface area (Å²) in [6, 6.07) is -0.726. The molecule has 5 atom stereocenters. The van der Waals surface area contributed by atoms with Crippen molar-refractivity contribution in [1.29, 1.82) is 0 Å². The van der Waals surface area contributed by atoms with Gasteiger partial charge in [-0.25, -0.2) is 0 Å². The van der Waals surface area contributed by atoms with Gasteiger partial charge in [-0.1, -0.05) is 13.3 Å². The molecule has 0 bridgehead atoms. The Morgan fingerprint density at radius 2 is 1.69 bits per heavy atom. The number of nitrogens with zero attached hydrogens (tertiary/aromatic N) is 1. The van der Waals surface area contributed by atoms with Crippen LogP contribution in [0.4, 0.5) is 0 Å². The van der Waals surface area contributed by atoms with Crippen molar-refractivity contribution in [3.8, 4) is 0 Å². The number of carbonyl (C=O) groups excluding carboxylic acids is 3. The van der Waals surface area contributed by atoms with Crippen LogP contribution in [0, 0.1) is 0 Å². The normalized spacial score (nSPS) is 28.1. The Bertz CT molecular complexity index is 513. The first-order chi connectivity index (χ1) is 12.3. The standard InChI is InChI=1S/C17H27NO7S/c1-6-7-8-26-17-16(24-12(4)21)14(18-5)15(23-11(3)20)13(25-17)9-22-10(2)19/h13-17H,5-9H2,1-4H3/t13?,14?,15-,16?,17+/m0/s1. The summed E-state index contributed by atoms with van der Waals surface area (Å²) in [5, 5.41) is 0. The largest absolute Gasteiger partial charge is 0.463 e. The van der Waals surface area contributed by atoms with Gasteiger partial charge in [0.2, 0.25) is 0 Å². The summed E-state index contributed by atoms with van der Waals surface area (Å²) in [7, 11) is 0. The van der Waals surface area contributed by atoms with Crippen LogP contribution in [0.5, 0.6) is 0 Å². The fourth-order valence-electron chi connectivity index (χ4n) is 2.57. The van der Waals surface area contributed by atoms with Gasteiger partial charge in [-0.15, -0.1) is 11.8 Å². The molecule has 1 saturated heterocycles. The quantitative estimate of drug-likeness (QED) is 0.254.